The standard InChI is InChI=1S/C27H29NO5/c1-31-24-15-14-19(17-25(24)32-2)16-23(27(30)33-3)28-26(29)18-22(20-10-6-4-7-11-20)21-12-8-5-9-13-21/h4-15,17,22-23H,16,18H2,1-3H3,(H,28,29). The van der Waals surface area contributed by atoms with Crippen LogP contribution in [-0.2, 0) is 20.7 Å². The lowest BCUT2D eigenvalue weighted by Crippen LogP contribution is -2.43. The summed E-state index contributed by atoms with van der Waals surface area (Å²) in [6.45, 7) is 0. The fourth-order valence-electron chi connectivity index (χ4n) is 3.82. The number of rotatable bonds is 10. The van der Waals surface area contributed by atoms with Crippen LogP contribution < -0.4 is 14.8 Å². The molecule has 3 rings (SSSR count). The maximum absolute atomic E-state index is 13.1. The SMILES string of the molecule is COC(=O)C(Cc1ccc(OC)c(OC)c1)NC(=O)CC(c1ccccc1)c1ccccc1. The molecular weight excluding hydrogens is 418 g/mol. The Balaban J connectivity index is 1.78. The molecule has 6 nitrogen and oxygen atoms in total. The van der Waals surface area contributed by atoms with Gasteiger partial charge in [-0.3, -0.25) is 4.79 Å². The van der Waals surface area contributed by atoms with Crippen LogP contribution in [0.25, 0.3) is 0 Å². The van der Waals surface area contributed by atoms with Gasteiger partial charge in [0.1, 0.15) is 6.04 Å². The van der Waals surface area contributed by atoms with Crippen molar-refractivity contribution in [2.24, 2.45) is 0 Å². The summed E-state index contributed by atoms with van der Waals surface area (Å²) in [5, 5.41) is 2.87. The van der Waals surface area contributed by atoms with Gasteiger partial charge >= 0.3 is 5.97 Å². The van der Waals surface area contributed by atoms with Crippen LogP contribution in [0.2, 0.25) is 0 Å². The van der Waals surface area contributed by atoms with E-state index in [1.807, 2.05) is 66.7 Å². The Morgan fingerprint density at radius 2 is 1.36 bits per heavy atom. The minimum atomic E-state index is -0.826. The van der Waals surface area contributed by atoms with E-state index in [1.54, 1.807) is 26.4 Å². The van der Waals surface area contributed by atoms with E-state index in [4.69, 9.17) is 14.2 Å². The number of benzene rings is 3. The van der Waals surface area contributed by atoms with Crippen molar-refractivity contribution in [3.8, 4) is 11.5 Å². The van der Waals surface area contributed by atoms with Crippen LogP contribution in [0.1, 0.15) is 29.0 Å². The van der Waals surface area contributed by atoms with E-state index in [1.165, 1.54) is 7.11 Å². The molecule has 172 valence electrons. The fraction of sp³-hybridized carbons (Fsp3) is 0.259. The van der Waals surface area contributed by atoms with Crippen LogP contribution in [0.3, 0.4) is 0 Å². The lowest BCUT2D eigenvalue weighted by atomic mass is 9.88. The highest BCUT2D eigenvalue weighted by atomic mass is 16.5. The molecule has 0 saturated heterocycles. The second-order valence-electron chi connectivity index (χ2n) is 7.61. The quantitative estimate of drug-likeness (QED) is 0.473. The Kier molecular flexibility index (Phi) is 8.47. The van der Waals surface area contributed by atoms with Crippen molar-refractivity contribution >= 4 is 11.9 Å². The van der Waals surface area contributed by atoms with Crippen molar-refractivity contribution in [3.05, 3.63) is 95.6 Å². The number of hydrogen-bond donors (Lipinski definition) is 1. The first-order valence-electron chi connectivity index (χ1n) is 10.7. The molecule has 6 heteroatoms. The second kappa shape index (κ2) is 11.7. The summed E-state index contributed by atoms with van der Waals surface area (Å²) in [5.41, 5.74) is 2.88. The third-order valence-electron chi connectivity index (χ3n) is 5.50. The number of esters is 1. The Bertz CT molecular complexity index is 1010. The normalized spacial score (nSPS) is 11.5. The van der Waals surface area contributed by atoms with Crippen molar-refractivity contribution in [3.63, 3.8) is 0 Å². The molecule has 0 heterocycles. The van der Waals surface area contributed by atoms with Crippen LogP contribution >= 0.6 is 0 Å². The lowest BCUT2D eigenvalue weighted by molar-refractivity contribution is -0.145. The zero-order valence-corrected chi connectivity index (χ0v) is 19.1. The van der Waals surface area contributed by atoms with E-state index in [0.717, 1.165) is 16.7 Å². The van der Waals surface area contributed by atoms with Crippen LogP contribution in [0, 0.1) is 0 Å². The molecule has 3 aromatic carbocycles. The molecule has 0 aliphatic rings. The number of methoxy groups -OCH3 is 3. The van der Waals surface area contributed by atoms with Crippen molar-refractivity contribution in [2.75, 3.05) is 21.3 Å². The van der Waals surface area contributed by atoms with Crippen LogP contribution in [0.5, 0.6) is 11.5 Å². The summed E-state index contributed by atoms with van der Waals surface area (Å²) in [6, 6.07) is 24.3. The highest BCUT2D eigenvalue weighted by Gasteiger charge is 2.25. The molecule has 1 unspecified atom stereocenters. The maximum atomic E-state index is 13.1. The Hall–Kier alpha value is -3.80. The van der Waals surface area contributed by atoms with E-state index in [9.17, 15) is 9.59 Å². The summed E-state index contributed by atoms with van der Waals surface area (Å²) in [4.78, 5) is 25.5. The summed E-state index contributed by atoms with van der Waals surface area (Å²) in [5.74, 6) is 0.274. The fourth-order valence-corrected chi connectivity index (χ4v) is 3.82. The van der Waals surface area contributed by atoms with Crippen molar-refractivity contribution in [1.82, 2.24) is 5.32 Å². The van der Waals surface area contributed by atoms with Gasteiger partial charge in [-0.05, 0) is 28.8 Å². The third-order valence-corrected chi connectivity index (χ3v) is 5.50. The molecule has 3 aromatic rings. The van der Waals surface area contributed by atoms with E-state index in [0.29, 0.717) is 11.5 Å². The van der Waals surface area contributed by atoms with Gasteiger partial charge in [0.15, 0.2) is 11.5 Å². The summed E-state index contributed by atoms with van der Waals surface area (Å²) in [7, 11) is 4.42. The molecule has 0 radical (unpaired) electrons. The zero-order valence-electron chi connectivity index (χ0n) is 19.1. The third kappa shape index (κ3) is 6.35. The first kappa shape index (κ1) is 23.9. The second-order valence-corrected chi connectivity index (χ2v) is 7.61. The minimum Gasteiger partial charge on any atom is -0.493 e. The van der Waals surface area contributed by atoms with Gasteiger partial charge in [-0.1, -0.05) is 66.7 Å². The van der Waals surface area contributed by atoms with E-state index >= 15 is 0 Å². The Labute approximate surface area is 194 Å². The zero-order chi connectivity index (χ0) is 23.6. The molecule has 1 N–H and O–H groups in total. The monoisotopic (exact) mass is 447 g/mol. The summed E-state index contributed by atoms with van der Waals surface area (Å²) < 4.78 is 15.6. The van der Waals surface area contributed by atoms with Gasteiger partial charge in [-0.2, -0.15) is 0 Å². The van der Waals surface area contributed by atoms with Gasteiger partial charge in [-0.25, -0.2) is 4.79 Å². The minimum absolute atomic E-state index is 0.133. The summed E-state index contributed by atoms with van der Waals surface area (Å²) in [6.07, 6.45) is 0.466. The molecular formula is C27H29NO5. The largest absolute Gasteiger partial charge is 0.493 e. The number of nitrogens with one attached hydrogen (secondary N) is 1. The lowest BCUT2D eigenvalue weighted by Gasteiger charge is -2.21. The number of amides is 1. The highest BCUT2D eigenvalue weighted by Crippen LogP contribution is 2.29. The molecule has 0 spiro atoms. The molecule has 0 aliphatic heterocycles. The van der Waals surface area contributed by atoms with Crippen molar-refractivity contribution in [1.29, 1.82) is 0 Å². The average molecular weight is 448 g/mol. The highest BCUT2D eigenvalue weighted by molar-refractivity contribution is 5.85. The average Bonchev–Trinajstić information content (AvgIpc) is 2.87. The molecule has 33 heavy (non-hydrogen) atoms. The number of hydrogen-bond acceptors (Lipinski definition) is 5. The number of ether oxygens (including phenoxy) is 3. The van der Waals surface area contributed by atoms with Crippen LogP contribution in [0.4, 0.5) is 0 Å². The van der Waals surface area contributed by atoms with Gasteiger partial charge in [0, 0.05) is 18.8 Å². The molecule has 1 atom stereocenters. The summed E-state index contributed by atoms with van der Waals surface area (Å²) >= 11 is 0. The van der Waals surface area contributed by atoms with E-state index in [-0.39, 0.29) is 24.7 Å². The molecule has 1 amide bonds. The maximum Gasteiger partial charge on any atom is 0.328 e. The van der Waals surface area contributed by atoms with Crippen molar-refractivity contribution < 1.29 is 23.8 Å². The van der Waals surface area contributed by atoms with E-state index in [2.05, 4.69) is 5.32 Å². The topological polar surface area (TPSA) is 73.9 Å². The smallest absolute Gasteiger partial charge is 0.328 e. The molecule has 0 saturated carbocycles. The molecule has 0 bridgehead atoms. The van der Waals surface area contributed by atoms with Crippen LogP contribution in [-0.4, -0.2) is 39.2 Å². The Morgan fingerprint density at radius 1 is 0.788 bits per heavy atom. The Morgan fingerprint density at radius 3 is 1.88 bits per heavy atom. The molecule has 0 fully saturated rings. The van der Waals surface area contributed by atoms with Crippen LogP contribution in [0.15, 0.2) is 78.9 Å². The van der Waals surface area contributed by atoms with Crippen molar-refractivity contribution in [2.45, 2.75) is 24.8 Å². The van der Waals surface area contributed by atoms with Gasteiger partial charge < -0.3 is 19.5 Å². The van der Waals surface area contributed by atoms with Gasteiger partial charge in [0.2, 0.25) is 5.91 Å². The first-order chi connectivity index (χ1) is 16.0. The predicted molar refractivity (Wildman–Crippen MR) is 127 cm³/mol. The van der Waals surface area contributed by atoms with Gasteiger partial charge in [0.05, 0.1) is 21.3 Å². The first-order valence-corrected chi connectivity index (χ1v) is 10.7. The predicted octanol–water partition coefficient (Wildman–Crippen LogP) is 4.13. The number of carbonyl (C=O) groups is 2. The molecule has 0 aliphatic carbocycles. The molecule has 0 aromatic heterocycles. The number of carbonyl (C=O) groups excluding carboxylic acids is 2. The van der Waals surface area contributed by atoms with Gasteiger partial charge in [-0.15, -0.1) is 0 Å². The van der Waals surface area contributed by atoms with Gasteiger partial charge in [0.25, 0.3) is 0 Å². The van der Waals surface area contributed by atoms with E-state index < -0.39 is 12.0 Å².